The van der Waals surface area contributed by atoms with Crippen molar-refractivity contribution < 1.29 is 4.79 Å². The summed E-state index contributed by atoms with van der Waals surface area (Å²) in [5.74, 6) is 28.8. The van der Waals surface area contributed by atoms with Crippen molar-refractivity contribution in [1.29, 1.82) is 0 Å². The molecule has 20 heavy (non-hydrogen) atoms. The Hall–Kier alpha value is -3.61. The van der Waals surface area contributed by atoms with Gasteiger partial charge in [-0.3, -0.25) is 10.1 Å². The summed E-state index contributed by atoms with van der Waals surface area (Å²) < 4.78 is 0. The molecule has 92 valence electrons. The van der Waals surface area contributed by atoms with E-state index in [4.69, 9.17) is 6.42 Å². The molecule has 0 aromatic heterocycles. The van der Waals surface area contributed by atoms with Crippen molar-refractivity contribution in [2.75, 3.05) is 0 Å². The Kier molecular flexibility index (Phi) is 11.0. The van der Waals surface area contributed by atoms with E-state index in [0.29, 0.717) is 6.42 Å². The van der Waals surface area contributed by atoms with Gasteiger partial charge in [-0.25, -0.2) is 0 Å². The van der Waals surface area contributed by atoms with Crippen molar-refractivity contribution in [1.82, 2.24) is 5.32 Å². The fourth-order valence-electron chi connectivity index (χ4n) is 0.739. The first-order chi connectivity index (χ1) is 9.81. The number of carbonyl (C=O) groups is 1. The van der Waals surface area contributed by atoms with Crippen molar-refractivity contribution in [3.8, 4) is 83.5 Å². The maximum Gasteiger partial charge on any atom is 0.231 e. The standard InChI is InChI=1S/C18H9NO/c1-3-5-6-7-8-9-10-11-12-13-14-15-17-19-18(20)16-4-2/h1H,4,16H2,2H3,(H,19,20). The van der Waals surface area contributed by atoms with E-state index in [0.717, 1.165) is 6.42 Å². The van der Waals surface area contributed by atoms with Gasteiger partial charge in [0.25, 0.3) is 0 Å². The molecule has 0 unspecified atom stereocenters. The van der Waals surface area contributed by atoms with E-state index in [-0.39, 0.29) is 5.91 Å². The maximum absolute atomic E-state index is 11.0. The van der Waals surface area contributed by atoms with Gasteiger partial charge in [0.2, 0.25) is 5.91 Å². The first-order valence-electron chi connectivity index (χ1n) is 5.55. The third-order valence-corrected chi connectivity index (χ3v) is 1.44. The molecule has 0 spiro atoms. The van der Waals surface area contributed by atoms with Gasteiger partial charge in [-0.05, 0) is 41.9 Å². The van der Waals surface area contributed by atoms with Gasteiger partial charge in [0, 0.05) is 48.0 Å². The quantitative estimate of drug-likeness (QED) is 0.565. The Morgan fingerprint density at radius 3 is 1.75 bits per heavy atom. The molecular formula is C18H9NO. The van der Waals surface area contributed by atoms with Crippen LogP contribution >= 0.6 is 0 Å². The van der Waals surface area contributed by atoms with Gasteiger partial charge in [0.15, 0.2) is 0 Å². The molecule has 2 heteroatoms. The Labute approximate surface area is 120 Å². The zero-order chi connectivity index (χ0) is 14.9. The lowest BCUT2D eigenvalue weighted by Crippen LogP contribution is -2.16. The van der Waals surface area contributed by atoms with Crippen LogP contribution in [0.2, 0.25) is 0 Å². The summed E-state index contributed by atoms with van der Waals surface area (Å²) in [6.07, 6.45) is 6.12. The van der Waals surface area contributed by atoms with E-state index < -0.39 is 0 Å². The summed E-state index contributed by atoms with van der Waals surface area (Å²) in [5.41, 5.74) is 0. The maximum atomic E-state index is 11.0. The topological polar surface area (TPSA) is 29.1 Å². The SMILES string of the molecule is C#CC#CC#CC#CC#CC#CC#CNC(=O)CCC. The van der Waals surface area contributed by atoms with Crippen LogP contribution < -0.4 is 5.32 Å². The van der Waals surface area contributed by atoms with E-state index >= 15 is 0 Å². The molecule has 0 saturated carbocycles. The minimum atomic E-state index is -0.120. The van der Waals surface area contributed by atoms with E-state index in [2.05, 4.69) is 82.4 Å². The summed E-state index contributed by atoms with van der Waals surface area (Å²) in [6, 6.07) is 2.42. The van der Waals surface area contributed by atoms with Crippen LogP contribution in [0, 0.1) is 83.5 Å². The highest BCUT2D eigenvalue weighted by Gasteiger charge is 1.92. The van der Waals surface area contributed by atoms with E-state index in [1.165, 1.54) is 0 Å². The fraction of sp³-hybridized carbons (Fsp3) is 0.167. The number of hydrogen-bond donors (Lipinski definition) is 1. The van der Waals surface area contributed by atoms with Crippen molar-refractivity contribution in [2.45, 2.75) is 19.8 Å². The van der Waals surface area contributed by atoms with Gasteiger partial charge in [-0.15, -0.1) is 6.42 Å². The summed E-state index contributed by atoms with van der Waals surface area (Å²) in [4.78, 5) is 11.0. The molecule has 0 bridgehead atoms. The Balaban J connectivity index is 4.18. The molecule has 0 fully saturated rings. The van der Waals surface area contributed by atoms with Crippen LogP contribution in [0.15, 0.2) is 0 Å². The Morgan fingerprint density at radius 2 is 1.30 bits per heavy atom. The molecule has 0 rings (SSSR count). The van der Waals surface area contributed by atoms with Crippen LogP contribution in [0.4, 0.5) is 0 Å². The minimum absolute atomic E-state index is 0.120. The third-order valence-electron chi connectivity index (χ3n) is 1.44. The molecular weight excluding hydrogens is 246 g/mol. The van der Waals surface area contributed by atoms with Crippen molar-refractivity contribution in [2.24, 2.45) is 0 Å². The second-order valence-corrected chi connectivity index (χ2v) is 2.94. The number of nitrogens with one attached hydrogen (secondary N) is 1. The predicted octanol–water partition coefficient (Wildman–Crippen LogP) is 0.514. The van der Waals surface area contributed by atoms with Crippen LogP contribution in [-0.4, -0.2) is 5.91 Å². The van der Waals surface area contributed by atoms with Crippen molar-refractivity contribution >= 4 is 5.91 Å². The first kappa shape index (κ1) is 16.4. The van der Waals surface area contributed by atoms with E-state index in [1.54, 1.807) is 0 Å². The van der Waals surface area contributed by atoms with Crippen LogP contribution in [0.25, 0.3) is 0 Å². The minimum Gasteiger partial charge on any atom is -0.284 e. The summed E-state index contributed by atoms with van der Waals surface area (Å²) >= 11 is 0. The number of terminal acetylenes is 1. The first-order valence-corrected chi connectivity index (χ1v) is 5.55. The summed E-state index contributed by atoms with van der Waals surface area (Å²) in [5, 5.41) is 2.40. The second kappa shape index (κ2) is 13.5. The molecule has 0 aliphatic heterocycles. The van der Waals surface area contributed by atoms with E-state index in [9.17, 15) is 4.79 Å². The Morgan fingerprint density at radius 1 is 0.850 bits per heavy atom. The van der Waals surface area contributed by atoms with Gasteiger partial charge < -0.3 is 0 Å². The van der Waals surface area contributed by atoms with Crippen molar-refractivity contribution in [3.63, 3.8) is 0 Å². The predicted molar refractivity (Wildman–Crippen MR) is 78.5 cm³/mol. The fourth-order valence-corrected chi connectivity index (χ4v) is 0.739. The lowest BCUT2D eigenvalue weighted by Gasteiger charge is -1.90. The molecule has 0 saturated heterocycles. The molecule has 0 aromatic carbocycles. The van der Waals surface area contributed by atoms with E-state index in [1.807, 2.05) is 6.92 Å². The second-order valence-electron chi connectivity index (χ2n) is 2.94. The molecule has 0 aromatic rings. The molecule has 2 nitrogen and oxygen atoms in total. The van der Waals surface area contributed by atoms with Crippen LogP contribution in [0.3, 0.4) is 0 Å². The third kappa shape index (κ3) is 12.5. The highest BCUT2D eigenvalue weighted by molar-refractivity contribution is 5.77. The van der Waals surface area contributed by atoms with Gasteiger partial charge in [-0.1, -0.05) is 6.92 Å². The molecule has 0 aliphatic rings. The lowest BCUT2D eigenvalue weighted by molar-refractivity contribution is -0.119. The molecule has 0 heterocycles. The summed E-state index contributed by atoms with van der Waals surface area (Å²) in [7, 11) is 0. The van der Waals surface area contributed by atoms with Gasteiger partial charge in [0.1, 0.15) is 0 Å². The number of carbonyl (C=O) groups excluding carboxylic acids is 1. The number of hydrogen-bond acceptors (Lipinski definition) is 1. The average Bonchev–Trinajstić information content (AvgIpc) is 2.44. The van der Waals surface area contributed by atoms with Crippen LogP contribution in [0.5, 0.6) is 0 Å². The largest absolute Gasteiger partial charge is 0.284 e. The molecule has 1 N–H and O–H groups in total. The van der Waals surface area contributed by atoms with Crippen LogP contribution in [-0.2, 0) is 4.79 Å². The highest BCUT2D eigenvalue weighted by atomic mass is 16.1. The molecule has 0 atom stereocenters. The summed E-state index contributed by atoms with van der Waals surface area (Å²) in [6.45, 7) is 1.91. The normalized spacial score (nSPS) is 5.40. The van der Waals surface area contributed by atoms with Gasteiger partial charge >= 0.3 is 0 Å². The monoisotopic (exact) mass is 255 g/mol. The lowest BCUT2D eigenvalue weighted by atomic mass is 10.3. The number of rotatable bonds is 2. The highest BCUT2D eigenvalue weighted by Crippen LogP contribution is 1.83. The molecule has 0 radical (unpaired) electrons. The zero-order valence-corrected chi connectivity index (χ0v) is 10.9. The van der Waals surface area contributed by atoms with Gasteiger partial charge in [-0.2, -0.15) is 0 Å². The molecule has 1 amide bonds. The smallest absolute Gasteiger partial charge is 0.231 e. The number of amides is 1. The Bertz CT molecular complexity index is 755. The van der Waals surface area contributed by atoms with Crippen molar-refractivity contribution in [3.05, 3.63) is 0 Å². The van der Waals surface area contributed by atoms with Crippen LogP contribution in [0.1, 0.15) is 19.8 Å². The zero-order valence-electron chi connectivity index (χ0n) is 10.9. The van der Waals surface area contributed by atoms with Gasteiger partial charge in [0.05, 0.1) is 0 Å². The average molecular weight is 255 g/mol. The molecule has 0 aliphatic carbocycles.